The van der Waals surface area contributed by atoms with Crippen molar-refractivity contribution in [2.75, 3.05) is 11.9 Å². The Morgan fingerprint density at radius 3 is 2.45 bits per heavy atom. The van der Waals surface area contributed by atoms with E-state index in [0.717, 1.165) is 36.2 Å². The number of para-hydroxylation sites is 1. The number of nitrogens with zero attached hydrogens (tertiary/aromatic N) is 1. The van der Waals surface area contributed by atoms with E-state index in [-0.39, 0.29) is 11.8 Å². The monoisotopic (exact) mass is 422 g/mol. The summed E-state index contributed by atoms with van der Waals surface area (Å²) in [5.41, 5.74) is 3.13. The molecule has 1 saturated heterocycles. The van der Waals surface area contributed by atoms with E-state index in [4.69, 9.17) is 4.74 Å². The third-order valence-corrected chi connectivity index (χ3v) is 5.75. The van der Waals surface area contributed by atoms with Crippen LogP contribution in [0.4, 0.5) is 5.69 Å². The Morgan fingerprint density at radius 1 is 1.10 bits per heavy atom. The molecule has 2 aromatic carbocycles. The van der Waals surface area contributed by atoms with Crippen LogP contribution in [-0.2, 0) is 20.9 Å². The molecule has 1 aliphatic heterocycles. The summed E-state index contributed by atoms with van der Waals surface area (Å²) in [7, 11) is 0. The molecule has 0 unspecified atom stereocenters. The van der Waals surface area contributed by atoms with Gasteiger partial charge in [-0.15, -0.1) is 0 Å². The van der Waals surface area contributed by atoms with Crippen LogP contribution < -0.4 is 5.32 Å². The van der Waals surface area contributed by atoms with Crippen LogP contribution in [0, 0.1) is 0 Å². The van der Waals surface area contributed by atoms with Gasteiger partial charge in [-0.2, -0.15) is 0 Å². The number of carbonyl (C=O) groups excluding carboxylic acids is 3. The van der Waals surface area contributed by atoms with Crippen LogP contribution in [0.3, 0.4) is 0 Å². The molecule has 0 bridgehead atoms. The summed E-state index contributed by atoms with van der Waals surface area (Å²) in [5, 5.41) is 2.88. The number of ether oxygens (including phenoxy) is 1. The van der Waals surface area contributed by atoms with Crippen molar-refractivity contribution in [1.29, 1.82) is 0 Å². The Balaban J connectivity index is 1.57. The van der Waals surface area contributed by atoms with E-state index < -0.39 is 12.1 Å². The minimum absolute atomic E-state index is 0.165. The second-order valence-corrected chi connectivity index (χ2v) is 8.05. The number of carbonyl (C=O) groups is 3. The number of amides is 2. The molecule has 2 aromatic rings. The van der Waals surface area contributed by atoms with Gasteiger partial charge in [-0.1, -0.05) is 44.2 Å². The summed E-state index contributed by atoms with van der Waals surface area (Å²) in [4.78, 5) is 38.6. The second kappa shape index (κ2) is 10.2. The van der Waals surface area contributed by atoms with Crippen LogP contribution >= 0.6 is 0 Å². The molecule has 1 heterocycles. The number of hydrogen-bond acceptors (Lipinski definition) is 4. The third-order valence-electron chi connectivity index (χ3n) is 5.75. The summed E-state index contributed by atoms with van der Waals surface area (Å²) in [6.45, 7) is 7.09. The number of anilines is 1. The van der Waals surface area contributed by atoms with E-state index in [0.29, 0.717) is 24.4 Å². The van der Waals surface area contributed by atoms with E-state index in [1.807, 2.05) is 41.3 Å². The van der Waals surface area contributed by atoms with E-state index in [1.54, 1.807) is 19.1 Å². The molecule has 2 amide bonds. The largest absolute Gasteiger partial charge is 0.449 e. The fourth-order valence-electron chi connectivity index (χ4n) is 3.61. The van der Waals surface area contributed by atoms with Crippen LogP contribution in [0.2, 0.25) is 0 Å². The number of hydrogen-bond donors (Lipinski definition) is 1. The number of benzene rings is 2. The molecule has 0 saturated carbocycles. The lowest BCUT2D eigenvalue weighted by molar-refractivity contribution is -0.128. The Hall–Kier alpha value is -3.15. The first-order chi connectivity index (χ1) is 14.9. The summed E-state index contributed by atoms with van der Waals surface area (Å²) in [5.74, 6) is -0.447. The highest BCUT2D eigenvalue weighted by Crippen LogP contribution is 2.26. The van der Waals surface area contributed by atoms with Crippen molar-refractivity contribution in [2.45, 2.75) is 58.6 Å². The number of rotatable bonds is 8. The molecule has 6 nitrogen and oxygen atoms in total. The lowest BCUT2D eigenvalue weighted by Crippen LogP contribution is -2.30. The zero-order valence-electron chi connectivity index (χ0n) is 18.4. The van der Waals surface area contributed by atoms with Crippen LogP contribution in [-0.4, -0.2) is 35.3 Å². The predicted octanol–water partition coefficient (Wildman–Crippen LogP) is 4.51. The van der Waals surface area contributed by atoms with Gasteiger partial charge < -0.3 is 15.0 Å². The van der Waals surface area contributed by atoms with Crippen LogP contribution in [0.25, 0.3) is 0 Å². The SMILES string of the molecule is CC[C@H](C)c1ccccc1NC(=O)[C@H](C)OC(=O)c1ccc(CN2CCCC2=O)cc1. The molecule has 3 rings (SSSR count). The molecule has 0 spiro atoms. The van der Waals surface area contributed by atoms with Gasteiger partial charge in [-0.05, 0) is 55.0 Å². The van der Waals surface area contributed by atoms with Gasteiger partial charge in [0.15, 0.2) is 6.10 Å². The molecule has 31 heavy (non-hydrogen) atoms. The molecule has 0 aliphatic carbocycles. The zero-order chi connectivity index (χ0) is 22.4. The van der Waals surface area contributed by atoms with Gasteiger partial charge >= 0.3 is 5.97 Å². The minimum atomic E-state index is -0.931. The highest BCUT2D eigenvalue weighted by molar-refractivity contribution is 5.97. The van der Waals surface area contributed by atoms with Crippen LogP contribution in [0.5, 0.6) is 0 Å². The van der Waals surface area contributed by atoms with Crippen LogP contribution in [0.1, 0.15) is 67.4 Å². The van der Waals surface area contributed by atoms with Crippen molar-refractivity contribution < 1.29 is 19.1 Å². The Kier molecular flexibility index (Phi) is 7.45. The first-order valence-electron chi connectivity index (χ1n) is 10.9. The summed E-state index contributed by atoms with van der Waals surface area (Å²) in [6, 6.07) is 14.6. The van der Waals surface area contributed by atoms with Crippen molar-refractivity contribution in [2.24, 2.45) is 0 Å². The molecule has 164 valence electrons. The Labute approximate surface area is 183 Å². The topological polar surface area (TPSA) is 75.7 Å². The lowest BCUT2D eigenvalue weighted by Gasteiger charge is -2.18. The first kappa shape index (κ1) is 22.5. The standard InChI is InChI=1S/C25H30N2O4/c1-4-17(2)21-8-5-6-9-22(21)26-24(29)18(3)31-25(30)20-13-11-19(12-14-20)16-27-15-7-10-23(27)28/h5-6,8-9,11-14,17-18H,4,7,10,15-16H2,1-3H3,(H,26,29)/t17-,18-/m0/s1. The van der Waals surface area contributed by atoms with Crippen molar-refractivity contribution in [1.82, 2.24) is 4.90 Å². The van der Waals surface area contributed by atoms with E-state index in [1.165, 1.54) is 0 Å². The van der Waals surface area contributed by atoms with Gasteiger partial charge in [0.25, 0.3) is 5.91 Å². The molecule has 0 aromatic heterocycles. The number of nitrogens with one attached hydrogen (secondary N) is 1. The molecule has 2 atom stereocenters. The highest BCUT2D eigenvalue weighted by atomic mass is 16.5. The van der Waals surface area contributed by atoms with Crippen molar-refractivity contribution in [3.63, 3.8) is 0 Å². The average Bonchev–Trinajstić information content (AvgIpc) is 3.18. The van der Waals surface area contributed by atoms with Gasteiger partial charge in [-0.25, -0.2) is 4.79 Å². The van der Waals surface area contributed by atoms with Gasteiger partial charge in [0.1, 0.15) is 0 Å². The quantitative estimate of drug-likeness (QED) is 0.635. The first-order valence-corrected chi connectivity index (χ1v) is 10.9. The van der Waals surface area contributed by atoms with E-state index in [9.17, 15) is 14.4 Å². The van der Waals surface area contributed by atoms with Crippen molar-refractivity contribution >= 4 is 23.5 Å². The smallest absolute Gasteiger partial charge is 0.338 e. The van der Waals surface area contributed by atoms with Gasteiger partial charge in [0.05, 0.1) is 5.56 Å². The Bertz CT molecular complexity index is 939. The normalized spacial score (nSPS) is 15.5. The average molecular weight is 423 g/mol. The van der Waals surface area contributed by atoms with Crippen molar-refractivity contribution in [3.05, 3.63) is 65.2 Å². The number of likely N-dealkylation sites (tertiary alicyclic amines) is 1. The van der Waals surface area contributed by atoms with Gasteiger partial charge in [0, 0.05) is 25.2 Å². The molecule has 1 aliphatic rings. The molecule has 1 fully saturated rings. The third kappa shape index (κ3) is 5.72. The molecule has 1 N–H and O–H groups in total. The fraction of sp³-hybridized carbons (Fsp3) is 0.400. The molecule has 0 radical (unpaired) electrons. The number of esters is 1. The van der Waals surface area contributed by atoms with Crippen LogP contribution in [0.15, 0.2) is 48.5 Å². The van der Waals surface area contributed by atoms with Crippen molar-refractivity contribution in [3.8, 4) is 0 Å². The second-order valence-electron chi connectivity index (χ2n) is 8.05. The maximum atomic E-state index is 12.6. The van der Waals surface area contributed by atoms with Gasteiger partial charge in [-0.3, -0.25) is 9.59 Å². The summed E-state index contributed by atoms with van der Waals surface area (Å²) in [6.07, 6.45) is 1.52. The Morgan fingerprint density at radius 2 is 1.81 bits per heavy atom. The zero-order valence-corrected chi connectivity index (χ0v) is 18.4. The lowest BCUT2D eigenvalue weighted by atomic mass is 9.97. The summed E-state index contributed by atoms with van der Waals surface area (Å²) < 4.78 is 5.37. The summed E-state index contributed by atoms with van der Waals surface area (Å²) >= 11 is 0. The molecular formula is C25H30N2O4. The van der Waals surface area contributed by atoms with Gasteiger partial charge in [0.2, 0.25) is 5.91 Å². The minimum Gasteiger partial charge on any atom is -0.449 e. The fourth-order valence-corrected chi connectivity index (χ4v) is 3.61. The molecule has 6 heteroatoms. The molecular weight excluding hydrogens is 392 g/mol. The highest BCUT2D eigenvalue weighted by Gasteiger charge is 2.22. The maximum Gasteiger partial charge on any atom is 0.338 e. The van der Waals surface area contributed by atoms with E-state index >= 15 is 0 Å². The predicted molar refractivity (Wildman–Crippen MR) is 120 cm³/mol. The maximum absolute atomic E-state index is 12.6. The van der Waals surface area contributed by atoms with E-state index in [2.05, 4.69) is 19.2 Å².